The highest BCUT2D eigenvalue weighted by Gasteiger charge is 2.46. The van der Waals surface area contributed by atoms with Gasteiger partial charge >= 0.3 is 6.03 Å². The van der Waals surface area contributed by atoms with Crippen molar-refractivity contribution in [1.29, 1.82) is 0 Å². The van der Waals surface area contributed by atoms with Crippen LogP contribution in [0.3, 0.4) is 0 Å². The van der Waals surface area contributed by atoms with Gasteiger partial charge < -0.3 is 10.6 Å². The molecular formula is C13H15ClN2O. The van der Waals surface area contributed by atoms with E-state index in [2.05, 4.69) is 10.6 Å². The van der Waals surface area contributed by atoms with E-state index in [1.54, 1.807) is 0 Å². The van der Waals surface area contributed by atoms with Crippen LogP contribution in [0.4, 0.5) is 4.79 Å². The molecule has 3 nitrogen and oxygen atoms in total. The average Bonchev–Trinajstić information content (AvgIpc) is 3.17. The Morgan fingerprint density at radius 1 is 1.24 bits per heavy atom. The number of benzene rings is 1. The quantitative estimate of drug-likeness (QED) is 0.851. The summed E-state index contributed by atoms with van der Waals surface area (Å²) >= 11 is 5.87. The number of rotatable bonds is 3. The van der Waals surface area contributed by atoms with Crippen molar-refractivity contribution in [1.82, 2.24) is 10.6 Å². The third kappa shape index (κ3) is 2.39. The molecule has 4 heteroatoms. The highest BCUT2D eigenvalue weighted by molar-refractivity contribution is 6.30. The Morgan fingerprint density at radius 2 is 1.88 bits per heavy atom. The Morgan fingerprint density at radius 3 is 2.41 bits per heavy atom. The first-order valence-corrected chi connectivity index (χ1v) is 6.40. The molecule has 0 aliphatic heterocycles. The van der Waals surface area contributed by atoms with Crippen LogP contribution in [0.2, 0.25) is 5.02 Å². The fourth-order valence-corrected chi connectivity index (χ4v) is 2.17. The Kier molecular flexibility index (Phi) is 2.51. The van der Waals surface area contributed by atoms with Crippen molar-refractivity contribution in [3.63, 3.8) is 0 Å². The van der Waals surface area contributed by atoms with Gasteiger partial charge in [-0.05, 0) is 43.4 Å². The van der Waals surface area contributed by atoms with E-state index in [4.69, 9.17) is 11.6 Å². The zero-order valence-electron chi connectivity index (χ0n) is 9.50. The van der Waals surface area contributed by atoms with Gasteiger partial charge in [0.05, 0.1) is 5.54 Å². The predicted octanol–water partition coefficient (Wildman–Crippen LogP) is 2.79. The second kappa shape index (κ2) is 3.91. The van der Waals surface area contributed by atoms with Gasteiger partial charge in [0.2, 0.25) is 0 Å². The Labute approximate surface area is 106 Å². The highest BCUT2D eigenvalue weighted by atomic mass is 35.5. The molecule has 0 radical (unpaired) electrons. The topological polar surface area (TPSA) is 41.1 Å². The number of halogens is 1. The minimum absolute atomic E-state index is 0.0417. The number of carbonyl (C=O) groups is 1. The third-order valence-electron chi connectivity index (χ3n) is 3.41. The molecule has 0 heterocycles. The molecule has 17 heavy (non-hydrogen) atoms. The lowest BCUT2D eigenvalue weighted by Gasteiger charge is -2.18. The van der Waals surface area contributed by atoms with Crippen molar-refractivity contribution >= 4 is 17.6 Å². The van der Waals surface area contributed by atoms with Crippen LogP contribution in [0, 0.1) is 0 Å². The van der Waals surface area contributed by atoms with Crippen LogP contribution in [0.5, 0.6) is 0 Å². The summed E-state index contributed by atoms with van der Waals surface area (Å²) in [5.74, 6) is 0. The summed E-state index contributed by atoms with van der Waals surface area (Å²) < 4.78 is 0. The molecule has 2 N–H and O–H groups in total. The fourth-order valence-electron chi connectivity index (χ4n) is 2.05. The number of urea groups is 1. The fraction of sp³-hybridized carbons (Fsp3) is 0.462. The van der Waals surface area contributed by atoms with Gasteiger partial charge in [-0.25, -0.2) is 4.79 Å². The van der Waals surface area contributed by atoms with E-state index < -0.39 is 0 Å². The second-order valence-corrected chi connectivity index (χ2v) is 5.40. The lowest BCUT2D eigenvalue weighted by molar-refractivity contribution is 0.235. The summed E-state index contributed by atoms with van der Waals surface area (Å²) in [5, 5.41) is 6.77. The lowest BCUT2D eigenvalue weighted by Crippen LogP contribution is -2.43. The molecule has 2 aliphatic rings. The van der Waals surface area contributed by atoms with Crippen LogP contribution in [0.1, 0.15) is 31.2 Å². The zero-order chi connectivity index (χ0) is 11.9. The van der Waals surface area contributed by atoms with Crippen LogP contribution in [-0.4, -0.2) is 12.1 Å². The molecule has 0 bridgehead atoms. The van der Waals surface area contributed by atoms with Gasteiger partial charge in [0.25, 0.3) is 0 Å². The van der Waals surface area contributed by atoms with Gasteiger partial charge in [0.1, 0.15) is 0 Å². The second-order valence-electron chi connectivity index (χ2n) is 4.96. The number of hydrogen-bond acceptors (Lipinski definition) is 1. The lowest BCUT2D eigenvalue weighted by atomic mass is 10.1. The molecule has 0 aromatic heterocycles. The van der Waals surface area contributed by atoms with E-state index in [1.165, 1.54) is 0 Å². The summed E-state index contributed by atoms with van der Waals surface area (Å²) in [6.07, 6.45) is 4.24. The molecule has 0 saturated heterocycles. The average molecular weight is 251 g/mol. The minimum atomic E-state index is -0.149. The summed E-state index contributed by atoms with van der Waals surface area (Å²) in [6.45, 7) is 0. The van der Waals surface area contributed by atoms with E-state index in [0.29, 0.717) is 6.04 Å². The van der Waals surface area contributed by atoms with Crippen LogP contribution >= 0.6 is 11.6 Å². The van der Waals surface area contributed by atoms with Crippen LogP contribution in [-0.2, 0) is 5.54 Å². The number of amides is 2. The van der Waals surface area contributed by atoms with E-state index >= 15 is 0 Å². The first-order valence-electron chi connectivity index (χ1n) is 6.03. The summed E-state index contributed by atoms with van der Waals surface area (Å²) in [7, 11) is 0. The molecule has 1 aromatic rings. The van der Waals surface area contributed by atoms with Crippen molar-refractivity contribution in [2.45, 2.75) is 37.3 Å². The SMILES string of the molecule is O=C(NC1CC1)NC1(c2ccc(Cl)cc2)CC1. The van der Waals surface area contributed by atoms with Crippen LogP contribution in [0.15, 0.2) is 24.3 Å². The molecule has 2 aliphatic carbocycles. The standard InChI is InChI=1S/C13H15ClN2O/c14-10-3-1-9(2-4-10)13(7-8-13)16-12(17)15-11-5-6-11/h1-4,11H,5-8H2,(H2,15,16,17). The van der Waals surface area contributed by atoms with E-state index in [-0.39, 0.29) is 11.6 Å². The molecule has 0 spiro atoms. The van der Waals surface area contributed by atoms with Gasteiger partial charge in [0.15, 0.2) is 0 Å². The molecule has 0 unspecified atom stereocenters. The largest absolute Gasteiger partial charge is 0.335 e. The highest BCUT2D eigenvalue weighted by Crippen LogP contribution is 2.45. The molecule has 3 rings (SSSR count). The van der Waals surface area contributed by atoms with Crippen molar-refractivity contribution in [2.75, 3.05) is 0 Å². The molecule has 90 valence electrons. The van der Waals surface area contributed by atoms with Crippen LogP contribution in [0.25, 0.3) is 0 Å². The molecule has 2 saturated carbocycles. The smallest absolute Gasteiger partial charge is 0.315 e. The van der Waals surface area contributed by atoms with Gasteiger partial charge in [-0.15, -0.1) is 0 Å². The Balaban J connectivity index is 1.68. The Hall–Kier alpha value is -1.22. The van der Waals surface area contributed by atoms with Gasteiger partial charge in [-0.3, -0.25) is 0 Å². The van der Waals surface area contributed by atoms with Crippen LogP contribution < -0.4 is 10.6 Å². The first kappa shape index (κ1) is 10.9. The maximum atomic E-state index is 11.7. The summed E-state index contributed by atoms with van der Waals surface area (Å²) in [6, 6.07) is 8.09. The van der Waals surface area contributed by atoms with Gasteiger partial charge in [0, 0.05) is 11.1 Å². The number of nitrogens with one attached hydrogen (secondary N) is 2. The van der Waals surface area contributed by atoms with Crippen molar-refractivity contribution < 1.29 is 4.79 Å². The van der Waals surface area contributed by atoms with E-state index in [9.17, 15) is 4.79 Å². The van der Waals surface area contributed by atoms with Gasteiger partial charge in [-0.1, -0.05) is 23.7 Å². The maximum absolute atomic E-state index is 11.7. The van der Waals surface area contributed by atoms with Crippen molar-refractivity contribution in [3.05, 3.63) is 34.9 Å². The third-order valence-corrected chi connectivity index (χ3v) is 3.66. The van der Waals surface area contributed by atoms with Crippen molar-refractivity contribution in [3.8, 4) is 0 Å². The molecule has 0 atom stereocenters. The van der Waals surface area contributed by atoms with E-state index in [0.717, 1.165) is 36.3 Å². The predicted molar refractivity (Wildman–Crippen MR) is 67.1 cm³/mol. The van der Waals surface area contributed by atoms with Gasteiger partial charge in [-0.2, -0.15) is 0 Å². The number of hydrogen-bond donors (Lipinski definition) is 2. The summed E-state index contributed by atoms with van der Waals surface area (Å²) in [4.78, 5) is 11.7. The normalized spacial score (nSPS) is 20.8. The first-order chi connectivity index (χ1) is 8.18. The molecular weight excluding hydrogens is 236 g/mol. The minimum Gasteiger partial charge on any atom is -0.335 e. The maximum Gasteiger partial charge on any atom is 0.315 e. The molecule has 2 fully saturated rings. The molecule has 2 amide bonds. The number of carbonyl (C=O) groups excluding carboxylic acids is 1. The Bertz CT molecular complexity index is 435. The zero-order valence-corrected chi connectivity index (χ0v) is 10.3. The van der Waals surface area contributed by atoms with Crippen molar-refractivity contribution in [2.24, 2.45) is 0 Å². The monoisotopic (exact) mass is 250 g/mol. The summed E-state index contributed by atoms with van der Waals surface area (Å²) in [5.41, 5.74) is 0.997. The van der Waals surface area contributed by atoms with E-state index in [1.807, 2.05) is 24.3 Å². The molecule has 1 aromatic carbocycles.